The van der Waals surface area contributed by atoms with Crippen LogP contribution in [0.1, 0.15) is 57.0 Å². The summed E-state index contributed by atoms with van der Waals surface area (Å²) in [7, 11) is 0. The van der Waals surface area contributed by atoms with Crippen molar-refractivity contribution in [3.63, 3.8) is 0 Å². The average Bonchev–Trinajstić information content (AvgIpc) is 2.75. The summed E-state index contributed by atoms with van der Waals surface area (Å²) in [6, 6.07) is 9.36. The Morgan fingerprint density at radius 2 is 1.81 bits per heavy atom. The predicted molar refractivity (Wildman–Crippen MR) is 129 cm³/mol. The number of ether oxygens (including phenoxy) is 2. The summed E-state index contributed by atoms with van der Waals surface area (Å²) in [4.78, 5) is 18.0. The van der Waals surface area contributed by atoms with E-state index in [1.165, 1.54) is 4.68 Å². The van der Waals surface area contributed by atoms with E-state index in [1.54, 1.807) is 12.3 Å². The summed E-state index contributed by atoms with van der Waals surface area (Å²) >= 11 is 3.44. The van der Waals surface area contributed by atoms with E-state index in [0.717, 1.165) is 22.0 Å². The molecule has 0 N–H and O–H groups in total. The Morgan fingerprint density at radius 3 is 2.45 bits per heavy atom. The minimum absolute atomic E-state index is 0.0818. The summed E-state index contributed by atoms with van der Waals surface area (Å²) < 4.78 is 13.7. The lowest BCUT2D eigenvalue weighted by atomic mass is 10.1. The van der Waals surface area contributed by atoms with Gasteiger partial charge in [0.2, 0.25) is 0 Å². The number of hydrogen-bond acceptors (Lipinski definition) is 5. The van der Waals surface area contributed by atoms with Gasteiger partial charge < -0.3 is 9.47 Å². The highest BCUT2D eigenvalue weighted by atomic mass is 79.9. The van der Waals surface area contributed by atoms with Gasteiger partial charge in [-0.2, -0.15) is 9.78 Å². The van der Waals surface area contributed by atoms with E-state index in [4.69, 9.17) is 14.5 Å². The zero-order valence-corrected chi connectivity index (χ0v) is 20.2. The van der Waals surface area contributed by atoms with Crippen LogP contribution in [0.25, 0.3) is 10.9 Å². The Hall–Kier alpha value is -2.67. The molecule has 0 spiro atoms. The molecule has 0 amide bonds. The van der Waals surface area contributed by atoms with Gasteiger partial charge in [-0.15, -0.1) is 0 Å². The lowest BCUT2D eigenvalue weighted by Crippen LogP contribution is -2.23. The number of halogens is 1. The Bertz CT molecular complexity index is 1170. The van der Waals surface area contributed by atoms with Gasteiger partial charge >= 0.3 is 0 Å². The molecule has 7 heteroatoms. The Morgan fingerprint density at radius 1 is 1.13 bits per heavy atom. The van der Waals surface area contributed by atoms with E-state index >= 15 is 0 Å². The molecule has 0 saturated carbocycles. The molecule has 0 aliphatic carbocycles. The molecule has 0 radical (unpaired) electrons. The van der Waals surface area contributed by atoms with E-state index in [0.29, 0.717) is 41.4 Å². The maximum Gasteiger partial charge on any atom is 0.282 e. The van der Waals surface area contributed by atoms with Crippen LogP contribution in [0.5, 0.6) is 11.5 Å². The molecule has 2 aromatic carbocycles. The second-order valence-electron chi connectivity index (χ2n) is 7.32. The molecule has 0 bridgehead atoms. The third-order valence-corrected chi connectivity index (χ3v) is 5.62. The quantitative estimate of drug-likeness (QED) is 0.386. The number of nitrogens with zero attached hydrogens (tertiary/aromatic N) is 3. The maximum atomic E-state index is 13.3. The van der Waals surface area contributed by atoms with Gasteiger partial charge in [-0.1, -0.05) is 29.8 Å². The highest BCUT2D eigenvalue weighted by Crippen LogP contribution is 2.30. The fraction of sp³-hybridized carbons (Fsp3) is 0.375. The fourth-order valence-electron chi connectivity index (χ4n) is 3.25. The summed E-state index contributed by atoms with van der Waals surface area (Å²) in [5.74, 6) is 2.09. The van der Waals surface area contributed by atoms with E-state index in [1.807, 2.05) is 52.0 Å². The molecule has 31 heavy (non-hydrogen) atoms. The zero-order valence-electron chi connectivity index (χ0n) is 18.6. The first-order valence-corrected chi connectivity index (χ1v) is 11.4. The van der Waals surface area contributed by atoms with Crippen molar-refractivity contribution in [2.75, 3.05) is 13.2 Å². The first-order valence-electron chi connectivity index (χ1n) is 10.6. The van der Waals surface area contributed by atoms with Crippen molar-refractivity contribution >= 4 is 33.0 Å². The molecule has 164 valence electrons. The molecule has 3 aromatic rings. The van der Waals surface area contributed by atoms with Crippen LogP contribution in [-0.4, -0.2) is 29.1 Å². The average molecular weight is 486 g/mol. The third-order valence-electron chi connectivity index (χ3n) is 5.13. The highest BCUT2D eigenvalue weighted by Gasteiger charge is 2.16. The number of rotatable bonds is 8. The molecule has 1 aromatic heterocycles. The second-order valence-corrected chi connectivity index (χ2v) is 8.24. The van der Waals surface area contributed by atoms with Gasteiger partial charge in [0.25, 0.3) is 5.56 Å². The van der Waals surface area contributed by atoms with Gasteiger partial charge in [-0.3, -0.25) is 4.79 Å². The topological polar surface area (TPSA) is 65.7 Å². The van der Waals surface area contributed by atoms with E-state index in [9.17, 15) is 4.79 Å². The van der Waals surface area contributed by atoms with Crippen molar-refractivity contribution in [2.45, 2.75) is 47.0 Å². The molecular weight excluding hydrogens is 458 g/mol. The molecule has 3 rings (SSSR count). The van der Waals surface area contributed by atoms with Crippen LogP contribution in [0.4, 0.5) is 0 Å². The van der Waals surface area contributed by atoms with Crippen molar-refractivity contribution in [1.82, 2.24) is 9.66 Å². The van der Waals surface area contributed by atoms with Crippen LogP contribution in [0.3, 0.4) is 0 Å². The van der Waals surface area contributed by atoms with Gasteiger partial charge in [0.15, 0.2) is 11.5 Å². The van der Waals surface area contributed by atoms with E-state index < -0.39 is 0 Å². The molecule has 0 aliphatic heterocycles. The Balaban J connectivity index is 2.15. The molecule has 0 fully saturated rings. The van der Waals surface area contributed by atoms with Crippen LogP contribution >= 0.6 is 15.9 Å². The minimum atomic E-state index is -0.188. The molecule has 1 atom stereocenters. The molecule has 0 aliphatic rings. The van der Waals surface area contributed by atoms with Gasteiger partial charge in [0.05, 0.1) is 30.3 Å². The van der Waals surface area contributed by atoms with Crippen molar-refractivity contribution in [2.24, 2.45) is 5.10 Å². The SMILES string of the molecule is CCOc1cc(C)c(C=Nn2c([C@@H](C)CC)nc3ccc(Br)cc3c2=O)cc1OCC. The highest BCUT2D eigenvalue weighted by molar-refractivity contribution is 9.10. The van der Waals surface area contributed by atoms with Gasteiger partial charge in [-0.25, -0.2) is 4.98 Å². The van der Waals surface area contributed by atoms with Crippen LogP contribution in [0, 0.1) is 6.92 Å². The molecule has 0 unspecified atom stereocenters. The number of aryl methyl sites for hydroxylation is 1. The van der Waals surface area contributed by atoms with Gasteiger partial charge in [0.1, 0.15) is 5.82 Å². The van der Waals surface area contributed by atoms with Crippen LogP contribution in [-0.2, 0) is 0 Å². The molecular formula is C24H28BrN3O3. The molecule has 6 nitrogen and oxygen atoms in total. The molecule has 0 saturated heterocycles. The lowest BCUT2D eigenvalue weighted by Gasteiger charge is -2.15. The maximum absolute atomic E-state index is 13.3. The van der Waals surface area contributed by atoms with Crippen LogP contribution in [0.2, 0.25) is 0 Å². The van der Waals surface area contributed by atoms with Gasteiger partial charge in [0, 0.05) is 16.0 Å². The third kappa shape index (κ3) is 4.98. The van der Waals surface area contributed by atoms with E-state index in [2.05, 4.69) is 28.0 Å². The van der Waals surface area contributed by atoms with Crippen molar-refractivity contribution in [3.05, 3.63) is 62.1 Å². The van der Waals surface area contributed by atoms with Gasteiger partial charge in [-0.05, 0) is 63.1 Å². The summed E-state index contributed by atoms with van der Waals surface area (Å²) in [6.07, 6.45) is 2.53. The monoisotopic (exact) mass is 485 g/mol. The Kier molecular flexibility index (Phi) is 7.49. The number of benzene rings is 2. The standard InChI is InChI=1S/C24H28BrN3O3/c1-6-15(4)23-27-20-10-9-18(25)13-19(20)24(29)28(23)26-14-17-12-22(31-8-3)21(30-7-2)11-16(17)5/h9-15H,6-8H2,1-5H3/t15-/m0/s1. The Labute approximate surface area is 191 Å². The summed E-state index contributed by atoms with van der Waals surface area (Å²) in [5, 5.41) is 5.09. The zero-order chi connectivity index (χ0) is 22.5. The second kappa shape index (κ2) is 10.1. The minimum Gasteiger partial charge on any atom is -0.490 e. The fourth-order valence-corrected chi connectivity index (χ4v) is 3.61. The van der Waals surface area contributed by atoms with E-state index in [-0.39, 0.29) is 11.5 Å². The number of fused-ring (bicyclic) bond motifs is 1. The van der Waals surface area contributed by atoms with Crippen molar-refractivity contribution in [3.8, 4) is 11.5 Å². The number of hydrogen-bond donors (Lipinski definition) is 0. The number of aromatic nitrogens is 2. The first-order chi connectivity index (χ1) is 14.9. The van der Waals surface area contributed by atoms with Crippen molar-refractivity contribution in [1.29, 1.82) is 0 Å². The van der Waals surface area contributed by atoms with Crippen molar-refractivity contribution < 1.29 is 9.47 Å². The summed E-state index contributed by atoms with van der Waals surface area (Å²) in [5.41, 5.74) is 2.31. The predicted octanol–water partition coefficient (Wildman–Crippen LogP) is 5.66. The first kappa shape index (κ1) is 23.0. The lowest BCUT2D eigenvalue weighted by molar-refractivity contribution is 0.287. The van der Waals surface area contributed by atoms with Crippen LogP contribution < -0.4 is 15.0 Å². The van der Waals surface area contributed by atoms with Crippen LogP contribution in [0.15, 0.2) is 44.7 Å². The largest absolute Gasteiger partial charge is 0.490 e. The normalized spacial score (nSPS) is 12.5. The summed E-state index contributed by atoms with van der Waals surface area (Å²) in [6.45, 7) is 11.1. The smallest absolute Gasteiger partial charge is 0.282 e. The molecule has 1 heterocycles.